The first kappa shape index (κ1) is 16.5. The number of aromatic nitrogens is 2. The van der Waals surface area contributed by atoms with Crippen LogP contribution < -0.4 is 5.32 Å². The number of hydrogen-bond donors (Lipinski definition) is 1. The quantitative estimate of drug-likeness (QED) is 0.767. The van der Waals surface area contributed by atoms with E-state index in [2.05, 4.69) is 58.6 Å². The molecule has 0 unspecified atom stereocenters. The second kappa shape index (κ2) is 7.08. The monoisotopic (exact) mass is 343 g/mol. The van der Waals surface area contributed by atoms with Crippen LogP contribution in [0.5, 0.6) is 0 Å². The molecule has 1 aliphatic rings. The van der Waals surface area contributed by atoms with Crippen LogP contribution in [0.15, 0.2) is 60.8 Å². The topological polar surface area (TPSA) is 54.9 Å². The third kappa shape index (κ3) is 3.49. The predicted octanol–water partition coefficient (Wildman–Crippen LogP) is 4.31. The van der Waals surface area contributed by atoms with Crippen LogP contribution in [0.1, 0.15) is 45.1 Å². The van der Waals surface area contributed by atoms with E-state index in [1.165, 1.54) is 16.7 Å². The summed E-state index contributed by atoms with van der Waals surface area (Å²) in [5.41, 5.74) is 5.11. The average molecular weight is 343 g/mol. The third-order valence-electron chi connectivity index (χ3n) is 4.88. The molecule has 3 aromatic rings. The summed E-state index contributed by atoms with van der Waals surface area (Å²) in [6, 6.07) is 18.6. The SMILES string of the molecule is Cc1ccc([C@H]2CC(=O)c3cnc(NCc4ccccc4)nc3C2)cc1. The van der Waals surface area contributed by atoms with Gasteiger partial charge in [-0.15, -0.1) is 0 Å². The van der Waals surface area contributed by atoms with Gasteiger partial charge in [0.2, 0.25) is 5.95 Å². The first-order chi connectivity index (χ1) is 12.7. The standard InChI is InChI=1S/C22H21N3O/c1-15-7-9-17(10-8-15)18-11-20-19(21(26)12-18)14-24-22(25-20)23-13-16-5-3-2-4-6-16/h2-10,14,18H,11-13H2,1H3,(H,23,24,25)/t18-/m1/s1. The van der Waals surface area contributed by atoms with Crippen LogP contribution in [0.3, 0.4) is 0 Å². The Balaban J connectivity index is 1.53. The lowest BCUT2D eigenvalue weighted by atomic mass is 9.82. The van der Waals surface area contributed by atoms with Gasteiger partial charge < -0.3 is 5.32 Å². The summed E-state index contributed by atoms with van der Waals surface area (Å²) in [5, 5.41) is 3.25. The van der Waals surface area contributed by atoms with Crippen molar-refractivity contribution in [3.8, 4) is 0 Å². The highest BCUT2D eigenvalue weighted by Gasteiger charge is 2.28. The molecular weight excluding hydrogens is 322 g/mol. The van der Waals surface area contributed by atoms with Crippen molar-refractivity contribution in [2.24, 2.45) is 0 Å². The lowest BCUT2D eigenvalue weighted by Crippen LogP contribution is -2.21. The molecular formula is C22H21N3O. The van der Waals surface area contributed by atoms with Crippen LogP contribution in [-0.4, -0.2) is 15.8 Å². The van der Waals surface area contributed by atoms with E-state index in [4.69, 9.17) is 0 Å². The highest BCUT2D eigenvalue weighted by molar-refractivity contribution is 5.98. The van der Waals surface area contributed by atoms with Crippen LogP contribution in [-0.2, 0) is 13.0 Å². The number of nitrogens with one attached hydrogen (secondary N) is 1. The van der Waals surface area contributed by atoms with Crippen molar-refractivity contribution in [3.63, 3.8) is 0 Å². The van der Waals surface area contributed by atoms with E-state index in [-0.39, 0.29) is 11.7 Å². The van der Waals surface area contributed by atoms with Crippen LogP contribution in [0, 0.1) is 6.92 Å². The van der Waals surface area contributed by atoms with E-state index < -0.39 is 0 Å². The van der Waals surface area contributed by atoms with Gasteiger partial charge in [0, 0.05) is 19.2 Å². The van der Waals surface area contributed by atoms with E-state index >= 15 is 0 Å². The summed E-state index contributed by atoms with van der Waals surface area (Å²) in [6.07, 6.45) is 2.96. The molecule has 4 heteroatoms. The molecule has 130 valence electrons. The normalized spacial score (nSPS) is 16.2. The third-order valence-corrected chi connectivity index (χ3v) is 4.88. The highest BCUT2D eigenvalue weighted by Crippen LogP contribution is 2.32. The van der Waals surface area contributed by atoms with Crippen LogP contribution in [0.25, 0.3) is 0 Å². The number of nitrogens with zero attached hydrogens (tertiary/aromatic N) is 2. The molecule has 1 N–H and O–H groups in total. The molecule has 4 nitrogen and oxygen atoms in total. The average Bonchev–Trinajstić information content (AvgIpc) is 2.67. The molecule has 0 radical (unpaired) electrons. The lowest BCUT2D eigenvalue weighted by molar-refractivity contribution is 0.0962. The summed E-state index contributed by atoms with van der Waals surface area (Å²) in [4.78, 5) is 21.5. The summed E-state index contributed by atoms with van der Waals surface area (Å²) < 4.78 is 0. The first-order valence-corrected chi connectivity index (χ1v) is 8.92. The number of Topliss-reactive ketones (excluding diaryl/α,β-unsaturated/α-hetero) is 1. The number of carbonyl (C=O) groups is 1. The Labute approximate surface area is 153 Å². The van der Waals surface area contributed by atoms with Gasteiger partial charge in [-0.2, -0.15) is 0 Å². The zero-order valence-electron chi connectivity index (χ0n) is 14.8. The minimum absolute atomic E-state index is 0.131. The maximum atomic E-state index is 12.5. The van der Waals surface area contributed by atoms with Crippen LogP contribution in [0.2, 0.25) is 0 Å². The van der Waals surface area contributed by atoms with Crippen molar-refractivity contribution in [3.05, 3.63) is 88.7 Å². The zero-order chi connectivity index (χ0) is 17.9. The van der Waals surface area contributed by atoms with Gasteiger partial charge in [-0.05, 0) is 30.4 Å². The number of rotatable bonds is 4. The summed E-state index contributed by atoms with van der Waals surface area (Å²) >= 11 is 0. The van der Waals surface area contributed by atoms with Crippen LogP contribution >= 0.6 is 0 Å². The Bertz CT molecular complexity index is 920. The van der Waals surface area contributed by atoms with Gasteiger partial charge in [0.15, 0.2) is 5.78 Å². The Kier molecular flexibility index (Phi) is 4.48. The molecule has 26 heavy (non-hydrogen) atoms. The van der Waals surface area contributed by atoms with Crippen molar-refractivity contribution >= 4 is 11.7 Å². The number of hydrogen-bond acceptors (Lipinski definition) is 4. The van der Waals surface area contributed by atoms with Crippen LogP contribution in [0.4, 0.5) is 5.95 Å². The maximum absolute atomic E-state index is 12.5. The van der Waals surface area contributed by atoms with Crippen molar-refractivity contribution in [2.75, 3.05) is 5.32 Å². The number of ketones is 1. The molecule has 0 amide bonds. The molecule has 1 atom stereocenters. The Morgan fingerprint density at radius 3 is 2.58 bits per heavy atom. The van der Waals surface area contributed by atoms with Gasteiger partial charge in [-0.1, -0.05) is 60.2 Å². The summed E-state index contributed by atoms with van der Waals surface area (Å²) in [5.74, 6) is 0.892. The Hall–Kier alpha value is -3.01. The molecule has 1 aromatic heterocycles. The number of carbonyl (C=O) groups excluding carboxylic acids is 1. The molecule has 0 bridgehead atoms. The van der Waals surface area contributed by atoms with Gasteiger partial charge in [0.1, 0.15) is 0 Å². The van der Waals surface area contributed by atoms with Gasteiger partial charge in [-0.3, -0.25) is 4.79 Å². The molecule has 0 spiro atoms. The minimum atomic E-state index is 0.131. The first-order valence-electron chi connectivity index (χ1n) is 8.92. The minimum Gasteiger partial charge on any atom is -0.350 e. The fourth-order valence-corrected chi connectivity index (χ4v) is 3.38. The van der Waals surface area contributed by atoms with E-state index in [1.807, 2.05) is 18.2 Å². The van der Waals surface area contributed by atoms with E-state index in [1.54, 1.807) is 6.20 Å². The van der Waals surface area contributed by atoms with E-state index in [9.17, 15) is 4.79 Å². The molecule has 0 saturated carbocycles. The largest absolute Gasteiger partial charge is 0.350 e. The Morgan fingerprint density at radius 2 is 1.81 bits per heavy atom. The predicted molar refractivity (Wildman–Crippen MR) is 102 cm³/mol. The highest BCUT2D eigenvalue weighted by atomic mass is 16.1. The van der Waals surface area contributed by atoms with Crippen molar-refractivity contribution in [1.82, 2.24) is 9.97 Å². The summed E-state index contributed by atoms with van der Waals surface area (Å²) in [7, 11) is 0. The van der Waals surface area contributed by atoms with E-state index in [0.717, 1.165) is 12.1 Å². The molecule has 0 fully saturated rings. The van der Waals surface area contributed by atoms with Gasteiger partial charge >= 0.3 is 0 Å². The van der Waals surface area contributed by atoms with Gasteiger partial charge in [0.05, 0.1) is 11.3 Å². The number of anilines is 1. The molecule has 1 heterocycles. The van der Waals surface area contributed by atoms with Crippen molar-refractivity contribution in [1.29, 1.82) is 0 Å². The lowest BCUT2D eigenvalue weighted by Gasteiger charge is -2.23. The van der Waals surface area contributed by atoms with Crippen molar-refractivity contribution in [2.45, 2.75) is 32.2 Å². The number of aryl methyl sites for hydroxylation is 1. The molecule has 1 aliphatic carbocycles. The Morgan fingerprint density at radius 1 is 1.04 bits per heavy atom. The second-order valence-electron chi connectivity index (χ2n) is 6.83. The fraction of sp³-hybridized carbons (Fsp3) is 0.227. The molecule has 2 aromatic carbocycles. The van der Waals surface area contributed by atoms with E-state index in [0.29, 0.717) is 24.5 Å². The molecule has 0 saturated heterocycles. The fourth-order valence-electron chi connectivity index (χ4n) is 3.38. The van der Waals surface area contributed by atoms with Gasteiger partial charge in [-0.25, -0.2) is 9.97 Å². The zero-order valence-corrected chi connectivity index (χ0v) is 14.8. The summed E-state index contributed by atoms with van der Waals surface area (Å²) in [6.45, 7) is 2.73. The number of benzene rings is 2. The maximum Gasteiger partial charge on any atom is 0.223 e. The van der Waals surface area contributed by atoms with Gasteiger partial charge in [0.25, 0.3) is 0 Å². The van der Waals surface area contributed by atoms with Crippen molar-refractivity contribution < 1.29 is 4.79 Å². The molecule has 4 rings (SSSR count). The molecule has 0 aliphatic heterocycles. The number of fused-ring (bicyclic) bond motifs is 1. The second-order valence-corrected chi connectivity index (χ2v) is 6.83. The smallest absolute Gasteiger partial charge is 0.223 e.